The summed E-state index contributed by atoms with van der Waals surface area (Å²) in [7, 11) is -0.637. The van der Waals surface area contributed by atoms with Crippen molar-refractivity contribution in [1.29, 1.82) is 0 Å². The van der Waals surface area contributed by atoms with E-state index in [4.69, 9.17) is 9.47 Å². The number of hydrogen-bond acceptors (Lipinski definition) is 4. The van der Waals surface area contributed by atoms with Crippen LogP contribution in [0.1, 0.15) is 5.56 Å². The van der Waals surface area contributed by atoms with E-state index in [1.165, 1.54) is 18.5 Å². The second-order valence-electron chi connectivity index (χ2n) is 5.14. The van der Waals surface area contributed by atoms with Crippen LogP contribution in [-0.4, -0.2) is 40.0 Å². The number of ether oxygens (including phenoxy) is 2. The van der Waals surface area contributed by atoms with E-state index in [2.05, 4.69) is 0 Å². The van der Waals surface area contributed by atoms with Crippen molar-refractivity contribution in [3.63, 3.8) is 0 Å². The first kappa shape index (κ1) is 17.3. The van der Waals surface area contributed by atoms with E-state index in [0.29, 0.717) is 11.5 Å². The summed E-state index contributed by atoms with van der Waals surface area (Å²) in [6.45, 7) is 2.36. The zero-order valence-corrected chi connectivity index (χ0v) is 14.3. The number of hydrogen-bond donors (Lipinski definition) is 0. The quantitative estimate of drug-likeness (QED) is 0.781. The van der Waals surface area contributed by atoms with Crippen molar-refractivity contribution in [2.75, 3.05) is 27.3 Å². The third-order valence-corrected chi connectivity index (χ3v) is 5.30. The van der Waals surface area contributed by atoms with Gasteiger partial charge >= 0.3 is 0 Å². The minimum absolute atomic E-state index is 0.169. The highest BCUT2D eigenvalue weighted by Gasteiger charge is 2.24. The number of methoxy groups -OCH3 is 1. The Morgan fingerprint density at radius 2 is 1.78 bits per heavy atom. The number of benzene rings is 2. The molecule has 5 nitrogen and oxygen atoms in total. The number of sulfonamides is 1. The van der Waals surface area contributed by atoms with Gasteiger partial charge in [-0.15, -0.1) is 0 Å². The van der Waals surface area contributed by atoms with Crippen LogP contribution < -0.4 is 9.47 Å². The van der Waals surface area contributed by atoms with Gasteiger partial charge in [-0.05, 0) is 36.8 Å². The van der Waals surface area contributed by atoms with E-state index in [1.54, 1.807) is 12.1 Å². The third kappa shape index (κ3) is 4.24. The maximum absolute atomic E-state index is 12.7. The molecule has 0 fully saturated rings. The largest absolute Gasteiger partial charge is 0.495 e. The summed E-state index contributed by atoms with van der Waals surface area (Å²) in [5.41, 5.74) is 0.860. The maximum atomic E-state index is 12.7. The fourth-order valence-electron chi connectivity index (χ4n) is 2.08. The highest BCUT2D eigenvalue weighted by molar-refractivity contribution is 7.89. The predicted octanol–water partition coefficient (Wildman–Crippen LogP) is 2.70. The molecule has 0 spiro atoms. The Hall–Kier alpha value is -2.05. The number of likely N-dealkylation sites (N-methyl/N-ethyl adjacent to an activating group) is 1. The van der Waals surface area contributed by atoms with Crippen LogP contribution in [0, 0.1) is 6.92 Å². The first-order chi connectivity index (χ1) is 10.9. The van der Waals surface area contributed by atoms with Gasteiger partial charge in [0.25, 0.3) is 0 Å². The maximum Gasteiger partial charge on any atom is 0.246 e. The Morgan fingerprint density at radius 1 is 1.09 bits per heavy atom. The molecule has 6 heteroatoms. The van der Waals surface area contributed by atoms with Crippen LogP contribution in [-0.2, 0) is 10.0 Å². The summed E-state index contributed by atoms with van der Waals surface area (Å²) in [6.07, 6.45) is 0. The SMILES string of the molecule is COc1ccc(C)cc1S(=O)(=O)N(C)CCOc1ccccc1. The summed E-state index contributed by atoms with van der Waals surface area (Å²) >= 11 is 0. The molecule has 2 aromatic carbocycles. The Bertz CT molecular complexity index is 744. The molecule has 2 aromatic rings. The second-order valence-corrected chi connectivity index (χ2v) is 7.16. The van der Waals surface area contributed by atoms with Crippen molar-refractivity contribution in [3.05, 3.63) is 54.1 Å². The molecule has 2 rings (SSSR count). The fourth-order valence-corrected chi connectivity index (χ4v) is 3.47. The lowest BCUT2D eigenvalue weighted by molar-refractivity contribution is 0.286. The highest BCUT2D eigenvalue weighted by atomic mass is 32.2. The molecule has 0 bridgehead atoms. The molecule has 0 aliphatic carbocycles. The van der Waals surface area contributed by atoms with Gasteiger partial charge in [0.15, 0.2) is 0 Å². The molecule has 124 valence electrons. The molecule has 23 heavy (non-hydrogen) atoms. The van der Waals surface area contributed by atoms with Crippen LogP contribution >= 0.6 is 0 Å². The molecular formula is C17H21NO4S. The number of rotatable bonds is 7. The second kappa shape index (κ2) is 7.48. The van der Waals surface area contributed by atoms with Crippen molar-refractivity contribution in [1.82, 2.24) is 4.31 Å². The Labute approximate surface area is 137 Å². The molecule has 0 saturated heterocycles. The first-order valence-corrected chi connectivity index (χ1v) is 8.68. The van der Waals surface area contributed by atoms with Gasteiger partial charge < -0.3 is 9.47 Å². The van der Waals surface area contributed by atoms with Crippen LogP contribution in [0.25, 0.3) is 0 Å². The molecule has 0 saturated carbocycles. The lowest BCUT2D eigenvalue weighted by Gasteiger charge is -2.19. The van der Waals surface area contributed by atoms with E-state index in [0.717, 1.165) is 5.56 Å². The van der Waals surface area contributed by atoms with E-state index in [9.17, 15) is 8.42 Å². The Balaban J connectivity index is 2.08. The first-order valence-electron chi connectivity index (χ1n) is 7.24. The Morgan fingerprint density at radius 3 is 2.43 bits per heavy atom. The summed E-state index contributed by atoms with van der Waals surface area (Å²) in [6, 6.07) is 14.4. The van der Waals surface area contributed by atoms with E-state index < -0.39 is 10.0 Å². The van der Waals surface area contributed by atoms with E-state index >= 15 is 0 Å². The van der Waals surface area contributed by atoms with E-state index in [-0.39, 0.29) is 18.0 Å². The van der Waals surface area contributed by atoms with Crippen LogP contribution in [0.3, 0.4) is 0 Å². The minimum Gasteiger partial charge on any atom is -0.495 e. The average molecular weight is 335 g/mol. The van der Waals surface area contributed by atoms with Crippen LogP contribution in [0.5, 0.6) is 11.5 Å². The summed E-state index contributed by atoms with van der Waals surface area (Å²) < 4.78 is 37.4. The zero-order valence-electron chi connectivity index (χ0n) is 13.5. The molecule has 0 aromatic heterocycles. The molecule has 0 atom stereocenters. The minimum atomic E-state index is -3.63. The number of aryl methyl sites for hydroxylation is 1. The molecular weight excluding hydrogens is 314 g/mol. The van der Waals surface area contributed by atoms with Crippen LogP contribution in [0.2, 0.25) is 0 Å². The van der Waals surface area contributed by atoms with Gasteiger partial charge in [0.05, 0.1) is 7.11 Å². The van der Waals surface area contributed by atoms with Crippen molar-refractivity contribution < 1.29 is 17.9 Å². The van der Waals surface area contributed by atoms with Gasteiger partial charge in [0.1, 0.15) is 23.0 Å². The number of para-hydroxylation sites is 1. The van der Waals surface area contributed by atoms with Gasteiger partial charge in [-0.3, -0.25) is 0 Å². The zero-order chi connectivity index (χ0) is 16.9. The van der Waals surface area contributed by atoms with Crippen molar-refractivity contribution >= 4 is 10.0 Å². The van der Waals surface area contributed by atoms with Crippen LogP contribution in [0.4, 0.5) is 0 Å². The Kier molecular flexibility index (Phi) is 5.63. The van der Waals surface area contributed by atoms with Gasteiger partial charge in [0.2, 0.25) is 10.0 Å². The van der Waals surface area contributed by atoms with Crippen molar-refractivity contribution in [2.24, 2.45) is 0 Å². The summed E-state index contributed by atoms with van der Waals surface area (Å²) in [5, 5.41) is 0. The molecule has 0 radical (unpaired) electrons. The van der Waals surface area contributed by atoms with E-state index in [1.807, 2.05) is 43.3 Å². The molecule has 0 aliphatic heterocycles. The smallest absolute Gasteiger partial charge is 0.246 e. The fraction of sp³-hybridized carbons (Fsp3) is 0.294. The topological polar surface area (TPSA) is 55.8 Å². The number of nitrogens with zero attached hydrogens (tertiary/aromatic N) is 1. The lowest BCUT2D eigenvalue weighted by Crippen LogP contribution is -2.31. The normalized spacial score (nSPS) is 11.5. The van der Waals surface area contributed by atoms with Crippen molar-refractivity contribution in [2.45, 2.75) is 11.8 Å². The monoisotopic (exact) mass is 335 g/mol. The average Bonchev–Trinajstić information content (AvgIpc) is 2.55. The molecule has 0 N–H and O–H groups in total. The summed E-state index contributed by atoms with van der Waals surface area (Å²) in [4.78, 5) is 0.169. The van der Waals surface area contributed by atoms with Gasteiger partial charge in [-0.2, -0.15) is 4.31 Å². The van der Waals surface area contributed by atoms with Crippen molar-refractivity contribution in [3.8, 4) is 11.5 Å². The molecule has 0 aliphatic rings. The summed E-state index contributed by atoms with van der Waals surface area (Å²) in [5.74, 6) is 1.05. The van der Waals surface area contributed by atoms with Gasteiger partial charge in [0, 0.05) is 13.6 Å². The van der Waals surface area contributed by atoms with Crippen LogP contribution in [0.15, 0.2) is 53.4 Å². The standard InChI is InChI=1S/C17H21NO4S/c1-14-9-10-16(21-3)17(13-14)23(19,20)18(2)11-12-22-15-7-5-4-6-8-15/h4-10,13H,11-12H2,1-3H3. The lowest BCUT2D eigenvalue weighted by atomic mass is 10.2. The van der Waals surface area contributed by atoms with Gasteiger partial charge in [-0.1, -0.05) is 24.3 Å². The predicted molar refractivity (Wildman–Crippen MR) is 89.5 cm³/mol. The third-order valence-electron chi connectivity index (χ3n) is 3.43. The molecule has 0 unspecified atom stereocenters. The van der Waals surface area contributed by atoms with Gasteiger partial charge in [-0.25, -0.2) is 8.42 Å². The molecule has 0 heterocycles. The molecule has 0 amide bonds. The highest BCUT2D eigenvalue weighted by Crippen LogP contribution is 2.27.